The number of hydrogen-bond donors (Lipinski definition) is 2. The Morgan fingerprint density at radius 3 is 3.00 bits per heavy atom. The largest absolute Gasteiger partial charge is 0.387 e. The normalized spacial score (nSPS) is 21.0. The summed E-state index contributed by atoms with van der Waals surface area (Å²) in [6.45, 7) is 3.79. The van der Waals surface area contributed by atoms with Gasteiger partial charge >= 0.3 is 0 Å². The third kappa shape index (κ3) is 4.51. The maximum absolute atomic E-state index is 13.7. The van der Waals surface area contributed by atoms with Gasteiger partial charge < -0.3 is 10.4 Å². The van der Waals surface area contributed by atoms with Crippen molar-refractivity contribution < 1.29 is 14.3 Å². The Labute approximate surface area is 125 Å². The maximum Gasteiger partial charge on any atom is 0.219 e. The van der Waals surface area contributed by atoms with Crippen molar-refractivity contribution in [1.82, 2.24) is 10.2 Å². The fraction of sp³-hybridized carbons (Fsp3) is 0.562. The summed E-state index contributed by atoms with van der Waals surface area (Å²) in [4.78, 5) is 13.5. The molecule has 0 spiro atoms. The first kappa shape index (κ1) is 15.9. The SMILES string of the molecule is CCC(=O)NC1CCCN(CC(O)c2ccccc2F)C1. The Hall–Kier alpha value is -1.46. The van der Waals surface area contributed by atoms with Gasteiger partial charge in [0.25, 0.3) is 0 Å². The van der Waals surface area contributed by atoms with Crippen molar-refractivity contribution in [2.75, 3.05) is 19.6 Å². The molecular weight excluding hydrogens is 271 g/mol. The number of rotatable bonds is 5. The van der Waals surface area contributed by atoms with Gasteiger partial charge in [-0.15, -0.1) is 0 Å². The van der Waals surface area contributed by atoms with Gasteiger partial charge in [-0.1, -0.05) is 25.1 Å². The van der Waals surface area contributed by atoms with Crippen LogP contribution in [0.2, 0.25) is 0 Å². The minimum Gasteiger partial charge on any atom is -0.387 e. The van der Waals surface area contributed by atoms with Gasteiger partial charge in [0.2, 0.25) is 5.91 Å². The van der Waals surface area contributed by atoms with Crippen molar-refractivity contribution in [2.45, 2.75) is 38.3 Å². The molecule has 2 N–H and O–H groups in total. The summed E-state index contributed by atoms with van der Waals surface area (Å²) in [5.41, 5.74) is 0.331. The third-order valence-electron chi connectivity index (χ3n) is 3.89. The number of piperidine rings is 1. The highest BCUT2D eigenvalue weighted by molar-refractivity contribution is 5.75. The van der Waals surface area contributed by atoms with Gasteiger partial charge in [-0.2, -0.15) is 0 Å². The highest BCUT2D eigenvalue weighted by Gasteiger charge is 2.23. The average molecular weight is 294 g/mol. The topological polar surface area (TPSA) is 52.6 Å². The second-order valence-corrected chi connectivity index (χ2v) is 5.56. The van der Waals surface area contributed by atoms with Gasteiger partial charge in [0.1, 0.15) is 5.82 Å². The van der Waals surface area contributed by atoms with Crippen molar-refractivity contribution in [3.05, 3.63) is 35.6 Å². The van der Waals surface area contributed by atoms with Crippen LogP contribution in [0.1, 0.15) is 37.9 Å². The van der Waals surface area contributed by atoms with Crippen molar-refractivity contribution in [2.24, 2.45) is 0 Å². The van der Waals surface area contributed by atoms with Crippen LogP contribution in [-0.2, 0) is 4.79 Å². The van der Waals surface area contributed by atoms with Gasteiger partial charge in [0.05, 0.1) is 6.10 Å². The molecule has 1 saturated heterocycles. The van der Waals surface area contributed by atoms with E-state index in [4.69, 9.17) is 0 Å². The van der Waals surface area contributed by atoms with Crippen LogP contribution in [-0.4, -0.2) is 41.6 Å². The number of hydrogen-bond acceptors (Lipinski definition) is 3. The zero-order valence-electron chi connectivity index (χ0n) is 12.4. The molecule has 0 saturated carbocycles. The molecule has 4 nitrogen and oxygen atoms in total. The molecular formula is C16H23FN2O2. The van der Waals surface area contributed by atoms with E-state index in [1.165, 1.54) is 6.07 Å². The first-order chi connectivity index (χ1) is 10.1. The Bertz CT molecular complexity index is 481. The predicted octanol–water partition coefficient (Wildman–Crippen LogP) is 1.85. The highest BCUT2D eigenvalue weighted by Crippen LogP contribution is 2.20. The minimum absolute atomic E-state index is 0.0523. The van der Waals surface area contributed by atoms with Crippen molar-refractivity contribution in [3.63, 3.8) is 0 Å². The summed E-state index contributed by atoms with van der Waals surface area (Å²) >= 11 is 0. The van der Waals surface area contributed by atoms with Crippen LogP contribution in [0.5, 0.6) is 0 Å². The molecule has 1 aliphatic heterocycles. The lowest BCUT2D eigenvalue weighted by molar-refractivity contribution is -0.121. The number of carbonyl (C=O) groups is 1. The summed E-state index contributed by atoms with van der Waals surface area (Å²) in [5, 5.41) is 13.2. The lowest BCUT2D eigenvalue weighted by Crippen LogP contribution is -2.48. The Morgan fingerprint density at radius 1 is 1.52 bits per heavy atom. The van der Waals surface area contributed by atoms with Gasteiger partial charge in [0, 0.05) is 31.1 Å². The molecule has 2 unspecified atom stereocenters. The molecule has 5 heteroatoms. The lowest BCUT2D eigenvalue weighted by Gasteiger charge is -2.34. The summed E-state index contributed by atoms with van der Waals surface area (Å²) in [6.07, 6.45) is 1.57. The number of aliphatic hydroxyl groups is 1. The number of halogens is 1. The molecule has 2 atom stereocenters. The van der Waals surface area contributed by atoms with E-state index < -0.39 is 6.10 Å². The van der Waals surface area contributed by atoms with Gasteiger partial charge in [-0.3, -0.25) is 9.69 Å². The van der Waals surface area contributed by atoms with E-state index in [1.54, 1.807) is 18.2 Å². The molecule has 1 aromatic carbocycles. The van der Waals surface area contributed by atoms with E-state index in [9.17, 15) is 14.3 Å². The van der Waals surface area contributed by atoms with Crippen LogP contribution >= 0.6 is 0 Å². The van der Waals surface area contributed by atoms with Crippen molar-refractivity contribution in [3.8, 4) is 0 Å². The van der Waals surface area contributed by atoms with E-state index in [0.717, 1.165) is 19.4 Å². The maximum atomic E-state index is 13.7. The lowest BCUT2D eigenvalue weighted by atomic mass is 10.0. The summed E-state index contributed by atoms with van der Waals surface area (Å²) in [6, 6.07) is 6.43. The van der Waals surface area contributed by atoms with Gasteiger partial charge in [-0.05, 0) is 25.5 Å². The molecule has 2 rings (SSSR count). The smallest absolute Gasteiger partial charge is 0.219 e. The summed E-state index contributed by atoms with van der Waals surface area (Å²) in [7, 11) is 0. The van der Waals surface area contributed by atoms with Crippen LogP contribution in [0.15, 0.2) is 24.3 Å². The Kier molecular flexibility index (Phi) is 5.70. The molecule has 1 fully saturated rings. The fourth-order valence-corrected chi connectivity index (χ4v) is 2.76. The van der Waals surface area contributed by atoms with Crippen LogP contribution in [0.25, 0.3) is 0 Å². The zero-order valence-corrected chi connectivity index (χ0v) is 12.4. The highest BCUT2D eigenvalue weighted by atomic mass is 19.1. The predicted molar refractivity (Wildman–Crippen MR) is 79.3 cm³/mol. The molecule has 0 bridgehead atoms. The number of aliphatic hydroxyl groups excluding tert-OH is 1. The number of carbonyl (C=O) groups excluding carboxylic acids is 1. The van der Waals surface area contributed by atoms with Crippen LogP contribution in [0.3, 0.4) is 0 Å². The van der Waals surface area contributed by atoms with E-state index in [1.807, 2.05) is 6.92 Å². The van der Waals surface area contributed by atoms with Crippen molar-refractivity contribution in [1.29, 1.82) is 0 Å². The molecule has 0 aliphatic carbocycles. The summed E-state index contributed by atoms with van der Waals surface area (Å²) < 4.78 is 13.7. The minimum atomic E-state index is -0.841. The molecule has 1 heterocycles. The molecule has 21 heavy (non-hydrogen) atoms. The first-order valence-electron chi connectivity index (χ1n) is 7.54. The average Bonchev–Trinajstić information content (AvgIpc) is 2.47. The van der Waals surface area contributed by atoms with Crippen LogP contribution in [0, 0.1) is 5.82 Å². The van der Waals surface area contributed by atoms with Gasteiger partial charge in [0.15, 0.2) is 0 Å². The van der Waals surface area contributed by atoms with Crippen molar-refractivity contribution >= 4 is 5.91 Å². The fourth-order valence-electron chi connectivity index (χ4n) is 2.76. The molecule has 0 aromatic heterocycles. The number of nitrogens with one attached hydrogen (secondary N) is 1. The van der Waals surface area contributed by atoms with E-state index >= 15 is 0 Å². The monoisotopic (exact) mass is 294 g/mol. The first-order valence-corrected chi connectivity index (χ1v) is 7.54. The molecule has 1 amide bonds. The Balaban J connectivity index is 1.90. The number of amides is 1. The van der Waals surface area contributed by atoms with E-state index in [2.05, 4.69) is 10.2 Å². The molecule has 116 valence electrons. The number of benzene rings is 1. The quantitative estimate of drug-likeness (QED) is 0.871. The van der Waals surface area contributed by atoms with Crippen LogP contribution in [0.4, 0.5) is 4.39 Å². The zero-order chi connectivity index (χ0) is 15.2. The second kappa shape index (κ2) is 7.52. The molecule has 0 radical (unpaired) electrons. The van der Waals surface area contributed by atoms with Gasteiger partial charge in [-0.25, -0.2) is 4.39 Å². The Morgan fingerprint density at radius 2 is 2.29 bits per heavy atom. The molecule has 1 aromatic rings. The number of β-amino-alcohol motifs (C(OH)–C–C–N with tert-alkyl or cyclic N) is 1. The van der Waals surface area contributed by atoms with Crippen LogP contribution < -0.4 is 5.32 Å². The standard InChI is InChI=1S/C16H23FN2O2/c1-2-16(21)18-12-6-5-9-19(10-12)11-15(20)13-7-3-4-8-14(13)17/h3-4,7-8,12,15,20H,2,5-6,9-11H2,1H3,(H,18,21). The second-order valence-electron chi connectivity index (χ2n) is 5.56. The third-order valence-corrected chi connectivity index (χ3v) is 3.89. The summed E-state index contributed by atoms with van der Waals surface area (Å²) in [5.74, 6) is -0.325. The van der Waals surface area contributed by atoms with E-state index in [-0.39, 0.29) is 17.8 Å². The van der Waals surface area contributed by atoms with E-state index in [0.29, 0.717) is 25.1 Å². The molecule has 1 aliphatic rings. The number of likely N-dealkylation sites (tertiary alicyclic amines) is 1. The number of nitrogens with zero attached hydrogens (tertiary/aromatic N) is 1.